The van der Waals surface area contributed by atoms with E-state index in [1.165, 1.54) is 0 Å². The maximum absolute atomic E-state index is 14.1. The summed E-state index contributed by atoms with van der Waals surface area (Å²) in [5.41, 5.74) is 2.79. The normalized spacial score (nSPS) is 12.6. The number of nitrogens with zero attached hydrogens (tertiary/aromatic N) is 2. The van der Waals surface area contributed by atoms with E-state index in [-0.39, 0.29) is 5.78 Å². The number of ketones is 1. The van der Waals surface area contributed by atoms with Gasteiger partial charge >= 0.3 is 0 Å². The number of aromatic nitrogens is 2. The van der Waals surface area contributed by atoms with Crippen LogP contribution in [0.25, 0.3) is 11.3 Å². The van der Waals surface area contributed by atoms with Crippen molar-refractivity contribution in [1.82, 2.24) is 5.16 Å². The van der Waals surface area contributed by atoms with Crippen LogP contribution in [0.1, 0.15) is 33.4 Å². The monoisotopic (exact) mass is 476 g/mol. The van der Waals surface area contributed by atoms with Crippen LogP contribution < -0.4 is 14.4 Å². The van der Waals surface area contributed by atoms with E-state index in [1.54, 1.807) is 19.2 Å². The summed E-state index contributed by atoms with van der Waals surface area (Å²) in [7, 11) is 1.59. The second-order valence-electron chi connectivity index (χ2n) is 8.35. The molecule has 0 fully saturated rings. The fraction of sp³-hybridized carbons (Fsp3) is 0.100. The molecule has 3 aromatic carbocycles. The Kier molecular flexibility index (Phi) is 6.58. The molecule has 2 aromatic heterocycles. The van der Waals surface area contributed by atoms with Crippen molar-refractivity contribution in [2.75, 3.05) is 7.11 Å². The number of benzene rings is 3. The average molecular weight is 477 g/mol. The van der Waals surface area contributed by atoms with Crippen molar-refractivity contribution in [1.29, 1.82) is 0 Å². The Morgan fingerprint density at radius 3 is 2.11 bits per heavy atom. The zero-order valence-electron chi connectivity index (χ0n) is 19.7. The molecule has 0 aliphatic carbocycles. The van der Waals surface area contributed by atoms with Gasteiger partial charge in [-0.3, -0.25) is 4.79 Å². The molecule has 178 valence electrons. The van der Waals surface area contributed by atoms with Gasteiger partial charge in [0.05, 0.1) is 24.7 Å². The molecule has 5 rings (SSSR count). The van der Waals surface area contributed by atoms with E-state index in [4.69, 9.17) is 9.26 Å². The molecule has 0 saturated heterocycles. The highest BCUT2D eigenvalue weighted by Gasteiger charge is 2.41. The molecule has 2 heterocycles. The topological polar surface area (TPSA) is 79.3 Å². The van der Waals surface area contributed by atoms with Crippen LogP contribution in [0.3, 0.4) is 0 Å². The Bertz CT molecular complexity index is 1430. The molecule has 2 atom stereocenters. The van der Waals surface area contributed by atoms with Gasteiger partial charge in [-0.25, -0.2) is 0 Å². The summed E-state index contributed by atoms with van der Waals surface area (Å²) in [6, 6.07) is 30.7. The van der Waals surface area contributed by atoms with Gasteiger partial charge in [0, 0.05) is 28.8 Å². The molecule has 2 unspecified atom stereocenters. The minimum absolute atomic E-state index is 0.132. The Morgan fingerprint density at radius 2 is 1.47 bits per heavy atom. The lowest BCUT2D eigenvalue weighted by Gasteiger charge is -2.25. The molecule has 0 aliphatic heterocycles. The van der Waals surface area contributed by atoms with Gasteiger partial charge in [0.1, 0.15) is 5.75 Å². The van der Waals surface area contributed by atoms with Gasteiger partial charge in [-0.05, 0) is 17.7 Å². The summed E-state index contributed by atoms with van der Waals surface area (Å²) in [5, 5.41) is 17.4. The fourth-order valence-electron chi connectivity index (χ4n) is 4.51. The van der Waals surface area contributed by atoms with Crippen LogP contribution in [0.15, 0.2) is 120 Å². The van der Waals surface area contributed by atoms with Crippen molar-refractivity contribution in [3.63, 3.8) is 0 Å². The molecule has 0 spiro atoms. The van der Waals surface area contributed by atoms with Crippen LogP contribution in [-0.4, -0.2) is 18.0 Å². The minimum atomic E-state index is -0.781. The molecule has 0 radical (unpaired) electrons. The van der Waals surface area contributed by atoms with Crippen LogP contribution in [-0.2, 0) is 0 Å². The van der Waals surface area contributed by atoms with E-state index < -0.39 is 17.9 Å². The summed E-state index contributed by atoms with van der Waals surface area (Å²) in [6.45, 7) is 0. The van der Waals surface area contributed by atoms with Crippen molar-refractivity contribution in [3.05, 3.63) is 132 Å². The number of hydrogen-bond acceptors (Lipinski definition) is 5. The minimum Gasteiger partial charge on any atom is -0.544 e. The smallest absolute Gasteiger partial charge is 0.231 e. The standard InChI is InChI=1S/C30H24N2O4/c1-35-24-17-15-21(16-18-24)25(26-27(31-36-30(26)34)22-11-5-2-6-12-22)28(32-19-9-4-10-20-32)29(33)23-13-7-3-8-14-23/h2-20,25,28H,1H3. The van der Waals surface area contributed by atoms with Crippen molar-refractivity contribution in [2.45, 2.75) is 12.0 Å². The Morgan fingerprint density at radius 1 is 0.861 bits per heavy atom. The molecule has 6 heteroatoms. The molecule has 0 N–H and O–H groups in total. The van der Waals surface area contributed by atoms with Crippen LogP contribution in [0.4, 0.5) is 0 Å². The second-order valence-corrected chi connectivity index (χ2v) is 8.35. The summed E-state index contributed by atoms with van der Waals surface area (Å²) < 4.78 is 12.4. The number of hydrogen-bond donors (Lipinski definition) is 0. The number of Topliss-reactive ketones (excluding diaryl/α,β-unsaturated/α-hetero) is 1. The van der Waals surface area contributed by atoms with Gasteiger partial charge in [0.2, 0.25) is 11.8 Å². The molecule has 36 heavy (non-hydrogen) atoms. The molecule has 6 nitrogen and oxygen atoms in total. The zero-order valence-corrected chi connectivity index (χ0v) is 19.7. The Hall–Kier alpha value is -4.71. The van der Waals surface area contributed by atoms with Gasteiger partial charge in [-0.2, -0.15) is 9.72 Å². The van der Waals surface area contributed by atoms with E-state index in [0.717, 1.165) is 11.1 Å². The average Bonchev–Trinajstić information content (AvgIpc) is 3.33. The lowest BCUT2D eigenvalue weighted by molar-refractivity contribution is -0.710. The van der Waals surface area contributed by atoms with Crippen LogP contribution in [0.5, 0.6) is 11.7 Å². The number of pyridine rings is 1. The first-order valence-corrected chi connectivity index (χ1v) is 11.6. The maximum atomic E-state index is 14.1. The summed E-state index contributed by atoms with van der Waals surface area (Å²) in [6.07, 6.45) is 3.67. The Labute approximate surface area is 209 Å². The van der Waals surface area contributed by atoms with Gasteiger partial charge in [0.15, 0.2) is 12.4 Å². The summed E-state index contributed by atoms with van der Waals surface area (Å²) in [4.78, 5) is 14.1. The van der Waals surface area contributed by atoms with Crippen LogP contribution >= 0.6 is 0 Å². The predicted octanol–water partition coefficient (Wildman–Crippen LogP) is 4.97. The molecular formula is C30H24N2O4. The first-order valence-electron chi connectivity index (χ1n) is 11.6. The largest absolute Gasteiger partial charge is 0.544 e. The van der Waals surface area contributed by atoms with Gasteiger partial charge in [-0.1, -0.05) is 78.9 Å². The summed E-state index contributed by atoms with van der Waals surface area (Å²) >= 11 is 0. The third-order valence-corrected chi connectivity index (χ3v) is 6.23. The van der Waals surface area contributed by atoms with E-state index in [2.05, 4.69) is 5.16 Å². The van der Waals surface area contributed by atoms with E-state index >= 15 is 0 Å². The quantitative estimate of drug-likeness (QED) is 0.233. The highest BCUT2D eigenvalue weighted by atomic mass is 16.5. The SMILES string of the molecule is COc1ccc(C(c2c(-c3ccccc3)noc2[O-])C(C(=O)c2ccccc2)[n+]2ccccc2)cc1. The molecule has 5 aromatic rings. The number of carbonyl (C=O) groups excluding carboxylic acids is 1. The lowest BCUT2D eigenvalue weighted by atomic mass is 9.80. The van der Waals surface area contributed by atoms with Crippen LogP contribution in [0.2, 0.25) is 0 Å². The highest BCUT2D eigenvalue weighted by molar-refractivity contribution is 5.99. The number of ether oxygens (including phenoxy) is 1. The molecule has 0 amide bonds. The van der Waals surface area contributed by atoms with Crippen molar-refractivity contribution in [2.24, 2.45) is 0 Å². The predicted molar refractivity (Wildman–Crippen MR) is 133 cm³/mol. The molecular weight excluding hydrogens is 452 g/mol. The first-order chi connectivity index (χ1) is 17.7. The Balaban J connectivity index is 1.77. The second kappa shape index (κ2) is 10.3. The zero-order chi connectivity index (χ0) is 24.9. The van der Waals surface area contributed by atoms with E-state index in [0.29, 0.717) is 22.6 Å². The first kappa shape index (κ1) is 23.1. The van der Waals surface area contributed by atoms with E-state index in [9.17, 15) is 9.90 Å². The van der Waals surface area contributed by atoms with E-state index in [1.807, 2.05) is 108 Å². The van der Waals surface area contributed by atoms with Gasteiger partial charge in [-0.15, -0.1) is 0 Å². The number of methoxy groups -OCH3 is 1. The fourth-order valence-corrected chi connectivity index (χ4v) is 4.51. The molecule has 0 saturated carbocycles. The third kappa shape index (κ3) is 4.49. The van der Waals surface area contributed by atoms with Crippen molar-refractivity contribution in [3.8, 4) is 23.0 Å². The number of carbonyl (C=O) groups is 1. The van der Waals surface area contributed by atoms with Crippen LogP contribution in [0, 0.1) is 0 Å². The van der Waals surface area contributed by atoms with Gasteiger partial charge in [0.25, 0.3) is 0 Å². The highest BCUT2D eigenvalue weighted by Crippen LogP contribution is 2.43. The van der Waals surface area contributed by atoms with Crippen molar-refractivity contribution < 1.29 is 23.7 Å². The maximum Gasteiger partial charge on any atom is 0.231 e. The van der Waals surface area contributed by atoms with Crippen molar-refractivity contribution >= 4 is 5.78 Å². The molecule has 0 bridgehead atoms. The lowest BCUT2D eigenvalue weighted by Crippen LogP contribution is -2.47. The summed E-state index contributed by atoms with van der Waals surface area (Å²) in [5.74, 6) is -0.721. The van der Waals surface area contributed by atoms with Gasteiger partial charge < -0.3 is 14.4 Å². The molecule has 0 aliphatic rings. The third-order valence-electron chi connectivity index (χ3n) is 6.23. The number of rotatable bonds is 8.